The highest BCUT2D eigenvalue weighted by atomic mass is 32.2. The summed E-state index contributed by atoms with van der Waals surface area (Å²) >= 11 is 0. The van der Waals surface area contributed by atoms with E-state index in [0.29, 0.717) is 25.0 Å². The lowest BCUT2D eigenvalue weighted by Crippen LogP contribution is -2.42. The zero-order chi connectivity index (χ0) is 21.9. The monoisotopic (exact) mass is 436 g/mol. The SMILES string of the molecule is COc1ccccc1CCNC(=O)c1nc(N2CCCCS2(=O)=O)n(C)c(=O)c1O. The standard InChI is InChI=1S/C19H24N4O6S/c1-22-18(26)16(24)15(21-19(22)23-11-5-6-12-30(23,27)28)17(25)20-10-9-13-7-3-4-8-14(13)29-2/h3-4,7-8,24H,5-6,9-12H2,1-2H3,(H,20,25). The average Bonchev–Trinajstić information content (AvgIpc) is 2.73. The molecule has 1 saturated heterocycles. The molecule has 1 aliphatic heterocycles. The van der Waals surface area contributed by atoms with Crippen molar-refractivity contribution < 1.29 is 23.1 Å². The van der Waals surface area contributed by atoms with Crippen molar-refractivity contribution in [2.45, 2.75) is 19.3 Å². The zero-order valence-electron chi connectivity index (χ0n) is 16.8. The number of benzene rings is 1. The highest BCUT2D eigenvalue weighted by Crippen LogP contribution is 2.23. The molecule has 3 rings (SSSR count). The maximum atomic E-state index is 12.6. The molecule has 0 aliphatic carbocycles. The predicted molar refractivity (Wildman–Crippen MR) is 111 cm³/mol. The Morgan fingerprint density at radius 2 is 2.03 bits per heavy atom. The van der Waals surface area contributed by atoms with Gasteiger partial charge in [0.15, 0.2) is 5.69 Å². The van der Waals surface area contributed by atoms with Gasteiger partial charge in [-0.3, -0.25) is 14.2 Å². The maximum Gasteiger partial charge on any atom is 0.297 e. The van der Waals surface area contributed by atoms with Crippen LogP contribution in [0.4, 0.5) is 5.95 Å². The number of nitrogens with zero attached hydrogens (tertiary/aromatic N) is 3. The summed E-state index contributed by atoms with van der Waals surface area (Å²) in [7, 11) is -0.794. The van der Waals surface area contributed by atoms with E-state index in [4.69, 9.17) is 4.74 Å². The van der Waals surface area contributed by atoms with E-state index >= 15 is 0 Å². The molecule has 1 fully saturated rings. The van der Waals surface area contributed by atoms with Gasteiger partial charge in [-0.2, -0.15) is 0 Å². The molecule has 0 radical (unpaired) electrons. The molecule has 0 atom stereocenters. The van der Waals surface area contributed by atoms with Crippen LogP contribution in [0.2, 0.25) is 0 Å². The maximum absolute atomic E-state index is 12.6. The Morgan fingerprint density at radius 3 is 2.73 bits per heavy atom. The van der Waals surface area contributed by atoms with Crippen LogP contribution in [0.25, 0.3) is 0 Å². The van der Waals surface area contributed by atoms with Crippen LogP contribution in [0.1, 0.15) is 28.9 Å². The molecule has 30 heavy (non-hydrogen) atoms. The number of ether oxygens (including phenoxy) is 1. The van der Waals surface area contributed by atoms with Gasteiger partial charge in [0.1, 0.15) is 5.75 Å². The number of para-hydroxylation sites is 1. The van der Waals surface area contributed by atoms with Crippen LogP contribution in [0.15, 0.2) is 29.1 Å². The second-order valence-electron chi connectivity index (χ2n) is 6.89. The van der Waals surface area contributed by atoms with Gasteiger partial charge in [0.25, 0.3) is 11.5 Å². The molecule has 10 nitrogen and oxygen atoms in total. The summed E-state index contributed by atoms with van der Waals surface area (Å²) in [5, 5.41) is 12.8. The normalized spacial score (nSPS) is 15.6. The number of nitrogens with one attached hydrogen (secondary N) is 1. The van der Waals surface area contributed by atoms with E-state index in [2.05, 4.69) is 10.3 Å². The number of carbonyl (C=O) groups is 1. The molecule has 162 valence electrons. The van der Waals surface area contributed by atoms with Gasteiger partial charge in [0.05, 0.1) is 12.9 Å². The number of amides is 1. The summed E-state index contributed by atoms with van der Waals surface area (Å²) in [6, 6.07) is 7.34. The Bertz CT molecular complexity index is 1110. The molecule has 0 spiro atoms. The minimum absolute atomic E-state index is 0.0653. The second-order valence-corrected chi connectivity index (χ2v) is 8.90. The molecular weight excluding hydrogens is 412 g/mol. The van der Waals surface area contributed by atoms with E-state index in [0.717, 1.165) is 14.4 Å². The fourth-order valence-corrected chi connectivity index (χ4v) is 4.89. The average molecular weight is 436 g/mol. The Labute approximate surface area is 174 Å². The van der Waals surface area contributed by atoms with Crippen molar-refractivity contribution in [1.82, 2.24) is 14.9 Å². The summed E-state index contributed by atoms with van der Waals surface area (Å²) in [6.07, 6.45) is 1.58. The molecule has 0 unspecified atom stereocenters. The molecule has 0 saturated carbocycles. The number of aromatic nitrogens is 2. The van der Waals surface area contributed by atoms with Crippen LogP contribution in [-0.2, 0) is 23.5 Å². The Kier molecular flexibility index (Phi) is 6.30. The summed E-state index contributed by atoms with van der Waals surface area (Å²) in [4.78, 5) is 29.0. The third kappa shape index (κ3) is 4.25. The number of sulfonamides is 1. The Hall–Kier alpha value is -3.08. The van der Waals surface area contributed by atoms with Crippen molar-refractivity contribution in [1.29, 1.82) is 0 Å². The first-order chi connectivity index (χ1) is 14.3. The van der Waals surface area contributed by atoms with Crippen LogP contribution in [0.3, 0.4) is 0 Å². The molecule has 0 bridgehead atoms. The van der Waals surface area contributed by atoms with Crippen molar-refractivity contribution in [2.24, 2.45) is 7.05 Å². The van der Waals surface area contributed by atoms with Crippen molar-refractivity contribution >= 4 is 21.9 Å². The van der Waals surface area contributed by atoms with E-state index in [1.54, 1.807) is 13.2 Å². The topological polar surface area (TPSA) is 131 Å². The molecule has 2 aromatic rings. The zero-order valence-corrected chi connectivity index (χ0v) is 17.6. The smallest absolute Gasteiger partial charge is 0.297 e. The molecule has 1 aromatic carbocycles. The summed E-state index contributed by atoms with van der Waals surface area (Å²) in [5.41, 5.74) is -0.522. The second kappa shape index (κ2) is 8.74. The number of hydrogen-bond acceptors (Lipinski definition) is 7. The van der Waals surface area contributed by atoms with Crippen LogP contribution in [-0.4, -0.2) is 54.9 Å². The van der Waals surface area contributed by atoms with Crippen molar-refractivity contribution in [3.8, 4) is 11.5 Å². The van der Waals surface area contributed by atoms with Crippen LogP contribution < -0.4 is 19.9 Å². The number of anilines is 1. The van der Waals surface area contributed by atoms with Gasteiger partial charge in [0.2, 0.25) is 21.7 Å². The van der Waals surface area contributed by atoms with Crippen LogP contribution in [0, 0.1) is 0 Å². The highest BCUT2D eigenvalue weighted by molar-refractivity contribution is 7.92. The third-order valence-corrected chi connectivity index (χ3v) is 6.73. The van der Waals surface area contributed by atoms with Gasteiger partial charge in [-0.15, -0.1) is 0 Å². The predicted octanol–water partition coefficient (Wildman–Crippen LogP) is 0.397. The minimum atomic E-state index is -3.65. The third-order valence-electron chi connectivity index (χ3n) is 4.90. The molecule has 1 aromatic heterocycles. The summed E-state index contributed by atoms with van der Waals surface area (Å²) in [6.45, 7) is 0.356. The van der Waals surface area contributed by atoms with E-state index in [1.165, 1.54) is 7.05 Å². The van der Waals surface area contributed by atoms with Gasteiger partial charge < -0.3 is 15.2 Å². The molecule has 2 heterocycles. The molecule has 11 heteroatoms. The Morgan fingerprint density at radius 1 is 1.30 bits per heavy atom. The lowest BCUT2D eigenvalue weighted by atomic mass is 10.1. The number of rotatable bonds is 6. The van der Waals surface area contributed by atoms with Gasteiger partial charge in [-0.1, -0.05) is 18.2 Å². The first-order valence-electron chi connectivity index (χ1n) is 9.46. The van der Waals surface area contributed by atoms with Gasteiger partial charge in [0, 0.05) is 20.1 Å². The lowest BCUT2D eigenvalue weighted by molar-refractivity contribution is 0.0945. The molecule has 1 aliphatic rings. The van der Waals surface area contributed by atoms with E-state index in [9.17, 15) is 23.1 Å². The summed E-state index contributed by atoms with van der Waals surface area (Å²) < 4.78 is 32.0. The molecular formula is C19H24N4O6S. The number of aromatic hydroxyl groups is 1. The molecule has 2 N–H and O–H groups in total. The van der Waals surface area contributed by atoms with E-state index in [-0.39, 0.29) is 24.8 Å². The number of methoxy groups -OCH3 is 1. The highest BCUT2D eigenvalue weighted by Gasteiger charge is 2.31. The van der Waals surface area contributed by atoms with Crippen LogP contribution in [0.5, 0.6) is 11.5 Å². The number of hydrogen-bond donors (Lipinski definition) is 2. The van der Waals surface area contributed by atoms with Gasteiger partial charge in [-0.25, -0.2) is 17.7 Å². The lowest BCUT2D eigenvalue weighted by Gasteiger charge is -2.28. The fraction of sp³-hybridized carbons (Fsp3) is 0.421. The minimum Gasteiger partial charge on any atom is -0.501 e. The van der Waals surface area contributed by atoms with E-state index < -0.39 is 32.9 Å². The summed E-state index contributed by atoms with van der Waals surface area (Å²) in [5.74, 6) is -1.17. The van der Waals surface area contributed by atoms with Gasteiger partial charge >= 0.3 is 0 Å². The van der Waals surface area contributed by atoms with Crippen LogP contribution >= 0.6 is 0 Å². The fourth-order valence-electron chi connectivity index (χ4n) is 3.28. The van der Waals surface area contributed by atoms with Gasteiger partial charge in [-0.05, 0) is 30.9 Å². The largest absolute Gasteiger partial charge is 0.501 e. The Balaban J connectivity index is 1.84. The van der Waals surface area contributed by atoms with Crippen molar-refractivity contribution in [3.63, 3.8) is 0 Å². The first-order valence-corrected chi connectivity index (χ1v) is 11.1. The quantitative estimate of drug-likeness (QED) is 0.670. The number of carbonyl (C=O) groups excluding carboxylic acids is 1. The first kappa shape index (κ1) is 21.6. The van der Waals surface area contributed by atoms with Crippen molar-refractivity contribution in [2.75, 3.05) is 30.3 Å². The van der Waals surface area contributed by atoms with E-state index in [1.807, 2.05) is 18.2 Å². The molecule has 1 amide bonds. The van der Waals surface area contributed by atoms with Crippen molar-refractivity contribution in [3.05, 3.63) is 45.9 Å².